The minimum absolute atomic E-state index is 0.279. The van der Waals surface area contributed by atoms with Gasteiger partial charge in [-0.25, -0.2) is 23.7 Å². The van der Waals surface area contributed by atoms with Crippen LogP contribution >= 0.6 is 11.6 Å². The van der Waals surface area contributed by atoms with Crippen LogP contribution in [0.2, 0.25) is 0 Å². The van der Waals surface area contributed by atoms with Gasteiger partial charge in [0.15, 0.2) is 11.5 Å². The average molecular weight is 463 g/mol. The number of pyridine rings is 3. The van der Waals surface area contributed by atoms with Crippen LogP contribution in [0.3, 0.4) is 0 Å². The van der Waals surface area contributed by atoms with Crippen LogP contribution in [0.1, 0.15) is 17.7 Å². The van der Waals surface area contributed by atoms with Gasteiger partial charge in [-0.1, -0.05) is 12.1 Å². The average Bonchev–Trinajstić information content (AvgIpc) is 3.23. The number of rotatable bonds is 5. The van der Waals surface area contributed by atoms with Gasteiger partial charge in [0.25, 0.3) is 6.43 Å². The first kappa shape index (κ1) is 21.0. The van der Waals surface area contributed by atoms with Gasteiger partial charge in [-0.2, -0.15) is 0 Å². The maximum absolute atomic E-state index is 12.9. The first-order chi connectivity index (χ1) is 16.0. The van der Waals surface area contributed by atoms with Crippen molar-refractivity contribution >= 4 is 28.6 Å². The van der Waals surface area contributed by atoms with Crippen LogP contribution in [0.5, 0.6) is 0 Å². The summed E-state index contributed by atoms with van der Waals surface area (Å²) in [5.41, 5.74) is 10.8. The molecule has 164 valence electrons. The molecule has 0 atom stereocenters. The molecule has 4 aromatic heterocycles. The number of halogens is 3. The molecule has 0 saturated carbocycles. The molecule has 0 saturated heterocycles. The molecule has 0 radical (unpaired) electrons. The van der Waals surface area contributed by atoms with E-state index >= 15 is 0 Å². The van der Waals surface area contributed by atoms with E-state index in [0.29, 0.717) is 45.5 Å². The standard InChI is InChI=1S/C24H17ClF2N6/c25-12-14-3-6-16(7-4-14)33-23(17-2-1-11-29-22(17)28)32-20-10-9-18(31-24(20)33)15-5-8-19(21(26)27)30-13-15/h1-11,13,21H,12H2,(H2,28,29). The number of fused-ring (bicyclic) bond motifs is 1. The maximum Gasteiger partial charge on any atom is 0.280 e. The maximum atomic E-state index is 12.9. The topological polar surface area (TPSA) is 82.5 Å². The third-order valence-corrected chi connectivity index (χ3v) is 5.55. The SMILES string of the molecule is Nc1ncccc1-c1nc2ccc(-c3ccc(C(F)F)nc3)nc2n1-c1ccc(CCl)cc1. The van der Waals surface area contributed by atoms with Crippen LogP contribution in [0.25, 0.3) is 39.5 Å². The highest BCUT2D eigenvalue weighted by Gasteiger charge is 2.19. The Morgan fingerprint density at radius 3 is 2.42 bits per heavy atom. The van der Waals surface area contributed by atoms with E-state index in [1.54, 1.807) is 24.4 Å². The minimum atomic E-state index is -2.63. The number of nitrogens with two attached hydrogens (primary N) is 1. The van der Waals surface area contributed by atoms with Crippen molar-refractivity contribution in [3.05, 3.63) is 84.3 Å². The number of nitrogens with zero attached hydrogens (tertiary/aromatic N) is 5. The fraction of sp³-hybridized carbons (Fsp3) is 0.0833. The highest BCUT2D eigenvalue weighted by molar-refractivity contribution is 6.17. The first-order valence-corrected chi connectivity index (χ1v) is 10.6. The monoisotopic (exact) mass is 462 g/mol. The lowest BCUT2D eigenvalue weighted by atomic mass is 10.1. The Labute approximate surface area is 192 Å². The lowest BCUT2D eigenvalue weighted by molar-refractivity contribution is 0.146. The van der Waals surface area contributed by atoms with Crippen molar-refractivity contribution in [2.45, 2.75) is 12.3 Å². The quantitative estimate of drug-likeness (QED) is 0.333. The van der Waals surface area contributed by atoms with E-state index in [1.807, 2.05) is 41.0 Å². The number of imidazole rings is 1. The zero-order valence-electron chi connectivity index (χ0n) is 17.2. The third-order valence-electron chi connectivity index (χ3n) is 5.24. The predicted molar refractivity (Wildman–Crippen MR) is 124 cm³/mol. The largest absolute Gasteiger partial charge is 0.383 e. The molecule has 0 aliphatic carbocycles. The molecule has 0 amide bonds. The molecule has 6 nitrogen and oxygen atoms in total. The smallest absolute Gasteiger partial charge is 0.280 e. The molecule has 0 unspecified atom stereocenters. The molecule has 0 aliphatic heterocycles. The van der Waals surface area contributed by atoms with Crippen molar-refractivity contribution in [2.75, 3.05) is 5.73 Å². The van der Waals surface area contributed by atoms with Crippen molar-refractivity contribution in [1.82, 2.24) is 24.5 Å². The van der Waals surface area contributed by atoms with E-state index in [1.165, 1.54) is 12.3 Å². The third kappa shape index (κ3) is 3.89. The zero-order valence-corrected chi connectivity index (χ0v) is 17.9. The Morgan fingerprint density at radius 2 is 1.76 bits per heavy atom. The van der Waals surface area contributed by atoms with Crippen LogP contribution in [0.15, 0.2) is 73.1 Å². The fourth-order valence-electron chi connectivity index (χ4n) is 3.57. The van der Waals surface area contributed by atoms with Gasteiger partial charge < -0.3 is 5.73 Å². The normalized spacial score (nSPS) is 11.4. The lowest BCUT2D eigenvalue weighted by Crippen LogP contribution is -2.02. The Kier molecular flexibility index (Phi) is 5.43. The van der Waals surface area contributed by atoms with Crippen molar-refractivity contribution in [3.8, 4) is 28.3 Å². The molecule has 5 rings (SSSR count). The van der Waals surface area contributed by atoms with Crippen LogP contribution in [-0.4, -0.2) is 24.5 Å². The Balaban J connectivity index is 1.72. The van der Waals surface area contributed by atoms with E-state index in [0.717, 1.165) is 11.3 Å². The number of hydrogen-bond donors (Lipinski definition) is 1. The summed E-state index contributed by atoms with van der Waals surface area (Å²) in [5.74, 6) is 1.33. The minimum Gasteiger partial charge on any atom is -0.383 e. The van der Waals surface area contributed by atoms with Crippen molar-refractivity contribution < 1.29 is 8.78 Å². The summed E-state index contributed by atoms with van der Waals surface area (Å²) >= 11 is 5.96. The highest BCUT2D eigenvalue weighted by Crippen LogP contribution is 2.32. The van der Waals surface area contributed by atoms with E-state index < -0.39 is 6.43 Å². The first-order valence-electron chi connectivity index (χ1n) is 10.1. The van der Waals surface area contributed by atoms with Gasteiger partial charge in [0.05, 0.1) is 11.3 Å². The molecular weight excluding hydrogens is 446 g/mol. The number of alkyl halides is 3. The van der Waals surface area contributed by atoms with Crippen LogP contribution < -0.4 is 5.73 Å². The fourth-order valence-corrected chi connectivity index (χ4v) is 3.75. The molecular formula is C24H17ClF2N6. The number of hydrogen-bond acceptors (Lipinski definition) is 5. The van der Waals surface area contributed by atoms with Gasteiger partial charge in [-0.15, -0.1) is 11.6 Å². The Morgan fingerprint density at radius 1 is 0.939 bits per heavy atom. The molecule has 0 fully saturated rings. The van der Waals surface area contributed by atoms with Crippen LogP contribution in [0.4, 0.5) is 14.6 Å². The van der Waals surface area contributed by atoms with Gasteiger partial charge in [0.2, 0.25) is 0 Å². The van der Waals surface area contributed by atoms with Gasteiger partial charge in [-0.05, 0) is 54.1 Å². The van der Waals surface area contributed by atoms with Gasteiger partial charge in [-0.3, -0.25) is 9.55 Å². The number of aromatic nitrogens is 5. The molecule has 5 aromatic rings. The van der Waals surface area contributed by atoms with E-state index in [2.05, 4.69) is 9.97 Å². The molecule has 4 heterocycles. The Bertz CT molecular complexity index is 1430. The second-order valence-electron chi connectivity index (χ2n) is 7.32. The second kappa shape index (κ2) is 8.55. The van der Waals surface area contributed by atoms with Crippen molar-refractivity contribution in [2.24, 2.45) is 0 Å². The van der Waals surface area contributed by atoms with Crippen molar-refractivity contribution in [3.63, 3.8) is 0 Å². The van der Waals surface area contributed by atoms with Crippen LogP contribution in [0, 0.1) is 0 Å². The number of benzene rings is 1. The summed E-state index contributed by atoms with van der Waals surface area (Å²) in [7, 11) is 0. The van der Waals surface area contributed by atoms with Gasteiger partial charge in [0.1, 0.15) is 17.0 Å². The van der Waals surface area contributed by atoms with E-state index in [9.17, 15) is 8.78 Å². The molecule has 0 bridgehead atoms. The lowest BCUT2D eigenvalue weighted by Gasteiger charge is -2.11. The number of nitrogen functional groups attached to an aromatic ring is 1. The summed E-state index contributed by atoms with van der Waals surface area (Å²) in [6.07, 6.45) is 0.387. The molecule has 1 aromatic carbocycles. The molecule has 2 N–H and O–H groups in total. The number of anilines is 1. The Hall–Kier alpha value is -3.91. The summed E-state index contributed by atoms with van der Waals surface area (Å²) in [4.78, 5) is 17.6. The molecule has 9 heteroatoms. The second-order valence-corrected chi connectivity index (χ2v) is 7.59. The summed E-state index contributed by atoms with van der Waals surface area (Å²) < 4.78 is 27.7. The summed E-state index contributed by atoms with van der Waals surface area (Å²) in [6, 6.07) is 17.9. The highest BCUT2D eigenvalue weighted by atomic mass is 35.5. The van der Waals surface area contributed by atoms with Crippen LogP contribution in [-0.2, 0) is 5.88 Å². The van der Waals surface area contributed by atoms with E-state index in [-0.39, 0.29) is 5.69 Å². The van der Waals surface area contributed by atoms with E-state index in [4.69, 9.17) is 27.3 Å². The summed E-state index contributed by atoms with van der Waals surface area (Å²) in [5, 5.41) is 0. The predicted octanol–water partition coefficient (Wildman–Crippen LogP) is 5.80. The summed E-state index contributed by atoms with van der Waals surface area (Å²) in [6.45, 7) is 0. The van der Waals surface area contributed by atoms with Crippen molar-refractivity contribution in [1.29, 1.82) is 0 Å². The zero-order chi connectivity index (χ0) is 22.9. The molecule has 33 heavy (non-hydrogen) atoms. The van der Waals surface area contributed by atoms with Gasteiger partial charge in [0, 0.05) is 29.5 Å². The molecule has 0 spiro atoms. The van der Waals surface area contributed by atoms with Gasteiger partial charge >= 0.3 is 0 Å². The molecule has 0 aliphatic rings.